The van der Waals surface area contributed by atoms with E-state index in [1.54, 1.807) is 11.8 Å². The van der Waals surface area contributed by atoms with Crippen molar-refractivity contribution in [2.45, 2.75) is 63.3 Å². The molecule has 0 aromatic rings. The molecule has 3 unspecified atom stereocenters. The molecule has 0 N–H and O–H groups in total. The van der Waals surface area contributed by atoms with Crippen molar-refractivity contribution in [1.29, 1.82) is 0 Å². The van der Waals surface area contributed by atoms with Crippen LogP contribution in [-0.2, 0) is 9.59 Å². The number of hydrogen-bond donors (Lipinski definition) is 0. The van der Waals surface area contributed by atoms with Crippen LogP contribution in [-0.4, -0.2) is 40.5 Å². The Kier molecular flexibility index (Phi) is 5.11. The number of carbonyl (C=O) groups excluding carboxylic acids is 2. The second-order valence-electron chi connectivity index (χ2n) is 4.91. The maximum atomic E-state index is 12.2. The molecule has 0 spiro atoms. The van der Waals surface area contributed by atoms with Crippen molar-refractivity contribution < 1.29 is 9.59 Å². The molecule has 2 amide bonds. The van der Waals surface area contributed by atoms with Gasteiger partial charge in [-0.05, 0) is 12.2 Å². The fourth-order valence-electron chi connectivity index (χ4n) is 2.00. The third-order valence-electron chi connectivity index (χ3n) is 3.27. The Labute approximate surface area is 109 Å². The lowest BCUT2D eigenvalue weighted by molar-refractivity contribution is -0.140. The maximum Gasteiger partial charge on any atom is 0.243 e. The van der Waals surface area contributed by atoms with Crippen molar-refractivity contribution >= 4 is 30.9 Å². The zero-order valence-electron chi connectivity index (χ0n) is 11.3. The number of hydrogen-bond acceptors (Lipinski definition) is 3. The molecule has 0 aromatic carbocycles. The molecule has 3 atom stereocenters. The van der Waals surface area contributed by atoms with Crippen LogP contribution in [0.2, 0.25) is 12.6 Å². The molecule has 5 heteroatoms. The number of amides is 2. The highest BCUT2D eigenvalue weighted by Gasteiger charge is 2.42. The lowest BCUT2D eigenvalue weighted by atomic mass is 9.64. The van der Waals surface area contributed by atoms with Crippen molar-refractivity contribution in [2.75, 3.05) is 0 Å². The molecule has 1 aliphatic heterocycles. The number of likely N-dealkylation sites (tertiary alicyclic amines) is 1. The van der Waals surface area contributed by atoms with Crippen LogP contribution in [0.1, 0.15) is 34.1 Å². The summed E-state index contributed by atoms with van der Waals surface area (Å²) in [5.74, 6) is 0.218. The van der Waals surface area contributed by atoms with Gasteiger partial charge in [0.25, 0.3) is 0 Å². The number of nitrogens with zero attached hydrogens (tertiary/aromatic N) is 1. The van der Waals surface area contributed by atoms with E-state index in [1.807, 2.05) is 28.0 Å². The molecular weight excluding hydrogens is 233 g/mol. The van der Waals surface area contributed by atoms with Crippen LogP contribution in [0.15, 0.2) is 0 Å². The van der Waals surface area contributed by atoms with Crippen LogP contribution >= 0.6 is 11.8 Å². The lowest BCUT2D eigenvalue weighted by Gasteiger charge is -2.27. The Morgan fingerprint density at radius 2 is 1.88 bits per heavy atom. The minimum Gasteiger partial charge on any atom is -0.279 e. The Balaban J connectivity index is 2.75. The van der Waals surface area contributed by atoms with Crippen LogP contribution in [0, 0.1) is 0 Å². The van der Waals surface area contributed by atoms with E-state index in [9.17, 15) is 9.59 Å². The first-order valence-electron chi connectivity index (χ1n) is 6.19. The van der Waals surface area contributed by atoms with Crippen LogP contribution in [0.5, 0.6) is 0 Å². The van der Waals surface area contributed by atoms with Gasteiger partial charge >= 0.3 is 0 Å². The minimum absolute atomic E-state index is 0.00472. The molecule has 3 nitrogen and oxygen atoms in total. The van der Waals surface area contributed by atoms with Crippen LogP contribution < -0.4 is 0 Å². The fourth-order valence-corrected chi connectivity index (χ4v) is 3.12. The van der Waals surface area contributed by atoms with Gasteiger partial charge in [-0.25, -0.2) is 0 Å². The van der Waals surface area contributed by atoms with E-state index in [-0.39, 0.29) is 28.9 Å². The molecule has 1 saturated heterocycles. The van der Waals surface area contributed by atoms with Crippen molar-refractivity contribution in [2.24, 2.45) is 0 Å². The number of rotatable bonds is 5. The molecule has 0 bridgehead atoms. The average molecular weight is 254 g/mol. The Morgan fingerprint density at radius 1 is 1.29 bits per heavy atom. The van der Waals surface area contributed by atoms with Gasteiger partial charge in [0.05, 0.1) is 5.25 Å². The predicted octanol–water partition coefficient (Wildman–Crippen LogP) is 2.20. The van der Waals surface area contributed by atoms with Gasteiger partial charge in [-0.15, -0.1) is 11.8 Å². The van der Waals surface area contributed by atoms with E-state index >= 15 is 0 Å². The molecule has 1 aliphatic rings. The molecule has 95 valence electrons. The third-order valence-corrected chi connectivity index (χ3v) is 4.51. The third kappa shape index (κ3) is 3.27. The molecule has 1 radical (unpaired) electrons. The Hall–Kier alpha value is -0.445. The normalized spacial score (nSPS) is 24.4. The summed E-state index contributed by atoms with van der Waals surface area (Å²) in [5, 5.41) is 0.205. The van der Waals surface area contributed by atoms with Gasteiger partial charge in [0.15, 0.2) is 0 Å². The summed E-state index contributed by atoms with van der Waals surface area (Å²) in [7, 11) is 2.04. The number of thioether (sulfide) groups is 1. The van der Waals surface area contributed by atoms with Gasteiger partial charge in [0, 0.05) is 12.5 Å². The van der Waals surface area contributed by atoms with Gasteiger partial charge in [-0.2, -0.15) is 0 Å². The molecule has 1 fully saturated rings. The highest BCUT2D eigenvalue weighted by molar-refractivity contribution is 8.01. The maximum absolute atomic E-state index is 12.2. The van der Waals surface area contributed by atoms with Crippen molar-refractivity contribution in [3.05, 3.63) is 0 Å². The molecular formula is C12H21BNO2S. The smallest absolute Gasteiger partial charge is 0.243 e. The molecule has 0 aromatic heterocycles. The largest absolute Gasteiger partial charge is 0.279 e. The first-order valence-corrected chi connectivity index (χ1v) is 7.13. The predicted molar refractivity (Wildman–Crippen MR) is 73.5 cm³/mol. The van der Waals surface area contributed by atoms with E-state index in [1.165, 1.54) is 4.90 Å². The van der Waals surface area contributed by atoms with Gasteiger partial charge in [-0.3, -0.25) is 14.5 Å². The van der Waals surface area contributed by atoms with E-state index in [2.05, 4.69) is 13.8 Å². The number of carbonyl (C=O) groups is 2. The van der Waals surface area contributed by atoms with Gasteiger partial charge in [0.2, 0.25) is 11.8 Å². The summed E-state index contributed by atoms with van der Waals surface area (Å²) in [6.07, 6.45) is 0.364. The molecule has 1 rings (SSSR count). The first kappa shape index (κ1) is 14.6. The number of imide groups is 1. The SMILES string of the molecule is C[B]C(C)C(C)N1C(=O)CC(SC(C)C)C1=O. The van der Waals surface area contributed by atoms with Gasteiger partial charge in [0.1, 0.15) is 7.28 Å². The first-order chi connectivity index (χ1) is 7.88. The standard InChI is InChI=1S/C12H21BNO2S/c1-7(2)17-10-6-11(15)14(12(10)16)9(4)8(3)13-5/h7-10H,6H2,1-5H3. The van der Waals surface area contributed by atoms with Crippen molar-refractivity contribution in [3.63, 3.8) is 0 Å². The zero-order valence-corrected chi connectivity index (χ0v) is 12.1. The lowest BCUT2D eigenvalue weighted by Crippen LogP contribution is -2.41. The topological polar surface area (TPSA) is 37.4 Å². The van der Waals surface area contributed by atoms with E-state index in [0.717, 1.165) is 0 Å². The fraction of sp³-hybridized carbons (Fsp3) is 0.833. The second kappa shape index (κ2) is 5.94. The summed E-state index contributed by atoms with van der Waals surface area (Å²) >= 11 is 1.59. The quantitative estimate of drug-likeness (QED) is 0.557. The molecule has 0 aliphatic carbocycles. The highest BCUT2D eigenvalue weighted by atomic mass is 32.2. The summed E-state index contributed by atoms with van der Waals surface area (Å²) in [6, 6.07) is -0.0298. The average Bonchev–Trinajstić information content (AvgIpc) is 2.51. The van der Waals surface area contributed by atoms with Crippen LogP contribution in [0.3, 0.4) is 0 Å². The van der Waals surface area contributed by atoms with E-state index in [4.69, 9.17) is 0 Å². The summed E-state index contributed by atoms with van der Waals surface area (Å²) in [6.45, 7) is 10.1. The molecule has 1 heterocycles. The van der Waals surface area contributed by atoms with E-state index in [0.29, 0.717) is 11.7 Å². The highest BCUT2D eigenvalue weighted by Crippen LogP contribution is 2.31. The van der Waals surface area contributed by atoms with Crippen molar-refractivity contribution in [1.82, 2.24) is 4.90 Å². The van der Waals surface area contributed by atoms with Gasteiger partial charge in [-0.1, -0.05) is 33.4 Å². The Bertz CT molecular complexity index is 309. The summed E-state index contributed by atoms with van der Waals surface area (Å²) < 4.78 is 0. The second-order valence-corrected chi connectivity index (χ2v) is 6.70. The minimum atomic E-state index is -0.172. The zero-order chi connectivity index (χ0) is 13.2. The summed E-state index contributed by atoms with van der Waals surface area (Å²) in [4.78, 5) is 25.6. The van der Waals surface area contributed by atoms with Crippen molar-refractivity contribution in [3.8, 4) is 0 Å². The molecule has 17 heavy (non-hydrogen) atoms. The van der Waals surface area contributed by atoms with Crippen LogP contribution in [0.25, 0.3) is 0 Å². The Morgan fingerprint density at radius 3 is 2.35 bits per heavy atom. The molecule has 0 saturated carbocycles. The summed E-state index contributed by atoms with van der Waals surface area (Å²) in [5.41, 5.74) is 0. The van der Waals surface area contributed by atoms with Gasteiger partial charge < -0.3 is 0 Å². The van der Waals surface area contributed by atoms with Crippen LogP contribution in [0.4, 0.5) is 0 Å². The monoisotopic (exact) mass is 254 g/mol. The van der Waals surface area contributed by atoms with E-state index < -0.39 is 0 Å².